The van der Waals surface area contributed by atoms with Gasteiger partial charge < -0.3 is 15.1 Å². The molecule has 136 valence electrons. The second-order valence-corrected chi connectivity index (χ2v) is 7.38. The lowest BCUT2D eigenvalue weighted by molar-refractivity contribution is -0.131. The largest absolute Gasteiger partial charge is 0.339 e. The highest BCUT2D eigenvalue weighted by Crippen LogP contribution is 2.41. The van der Waals surface area contributed by atoms with Gasteiger partial charge in [-0.25, -0.2) is 0 Å². The number of nitrogens with one attached hydrogen (secondary N) is 1. The highest BCUT2D eigenvalue weighted by atomic mass is 16.2. The zero-order chi connectivity index (χ0) is 17.9. The first-order chi connectivity index (χ1) is 12.7. The maximum absolute atomic E-state index is 12.3. The molecule has 1 N–H and O–H groups in total. The number of nitrogens with zero attached hydrogens (tertiary/aromatic N) is 3. The summed E-state index contributed by atoms with van der Waals surface area (Å²) in [6.07, 6.45) is 4.80. The molecule has 1 aliphatic heterocycles. The van der Waals surface area contributed by atoms with Gasteiger partial charge in [0.15, 0.2) is 0 Å². The topological polar surface area (TPSA) is 48.5 Å². The Labute approximate surface area is 155 Å². The number of rotatable bonds is 5. The Bertz CT molecular complexity index is 738. The van der Waals surface area contributed by atoms with E-state index in [-0.39, 0.29) is 5.91 Å². The summed E-state index contributed by atoms with van der Waals surface area (Å²) in [6.45, 7) is 4.10. The summed E-state index contributed by atoms with van der Waals surface area (Å²) in [6, 6.07) is 13.2. The van der Waals surface area contributed by atoms with Crippen LogP contribution in [0.3, 0.4) is 0 Å². The van der Waals surface area contributed by atoms with Crippen LogP contribution in [0.25, 0.3) is 11.1 Å². The van der Waals surface area contributed by atoms with E-state index in [1.165, 1.54) is 11.1 Å². The van der Waals surface area contributed by atoms with Crippen LogP contribution in [0.4, 0.5) is 0 Å². The fourth-order valence-corrected chi connectivity index (χ4v) is 3.63. The van der Waals surface area contributed by atoms with Gasteiger partial charge in [-0.3, -0.25) is 9.78 Å². The monoisotopic (exact) mass is 350 g/mol. The lowest BCUT2D eigenvalue weighted by Gasteiger charge is -2.32. The average molecular weight is 350 g/mol. The first-order valence-corrected chi connectivity index (χ1v) is 9.41. The summed E-state index contributed by atoms with van der Waals surface area (Å²) in [5.41, 5.74) is 3.68. The van der Waals surface area contributed by atoms with Crippen molar-refractivity contribution in [2.45, 2.75) is 18.4 Å². The SMILES string of the molecule is CN1CCN(C(=O)CN[C@@H]2C[C@H]2c2ccc(-c3cccnc3)cc2)CC1. The van der Waals surface area contributed by atoms with Crippen molar-refractivity contribution < 1.29 is 4.79 Å². The molecular formula is C21H26N4O. The maximum Gasteiger partial charge on any atom is 0.236 e. The Hall–Kier alpha value is -2.24. The summed E-state index contributed by atoms with van der Waals surface area (Å²) < 4.78 is 0. The van der Waals surface area contributed by atoms with Gasteiger partial charge in [0.05, 0.1) is 6.54 Å². The second-order valence-electron chi connectivity index (χ2n) is 7.38. The Morgan fingerprint density at radius 2 is 1.88 bits per heavy atom. The van der Waals surface area contributed by atoms with Crippen molar-refractivity contribution in [3.63, 3.8) is 0 Å². The predicted octanol–water partition coefficient (Wildman–Crippen LogP) is 1.97. The van der Waals surface area contributed by atoms with Gasteiger partial charge in [0.1, 0.15) is 0 Å². The molecule has 2 fully saturated rings. The van der Waals surface area contributed by atoms with Crippen molar-refractivity contribution in [2.75, 3.05) is 39.8 Å². The molecule has 2 aliphatic rings. The van der Waals surface area contributed by atoms with Crippen molar-refractivity contribution in [3.05, 3.63) is 54.4 Å². The summed E-state index contributed by atoms with van der Waals surface area (Å²) in [5.74, 6) is 0.758. The molecule has 0 unspecified atom stereocenters. The number of piperazine rings is 1. The van der Waals surface area contributed by atoms with Crippen LogP contribution in [-0.2, 0) is 4.79 Å². The minimum atomic E-state index is 0.232. The Balaban J connectivity index is 1.27. The summed E-state index contributed by atoms with van der Waals surface area (Å²) in [4.78, 5) is 20.7. The van der Waals surface area contributed by atoms with E-state index in [1.807, 2.05) is 17.2 Å². The van der Waals surface area contributed by atoms with E-state index in [9.17, 15) is 4.79 Å². The minimum Gasteiger partial charge on any atom is -0.339 e. The molecule has 2 atom stereocenters. The molecule has 0 bridgehead atoms. The third-order valence-corrected chi connectivity index (χ3v) is 5.50. The van der Waals surface area contributed by atoms with E-state index < -0.39 is 0 Å². The van der Waals surface area contributed by atoms with Gasteiger partial charge in [0, 0.05) is 50.5 Å². The number of amides is 1. The number of hydrogen-bond acceptors (Lipinski definition) is 4. The highest BCUT2D eigenvalue weighted by Gasteiger charge is 2.38. The minimum absolute atomic E-state index is 0.232. The molecule has 2 aromatic rings. The third kappa shape index (κ3) is 3.94. The van der Waals surface area contributed by atoms with E-state index in [4.69, 9.17) is 0 Å². The summed E-state index contributed by atoms with van der Waals surface area (Å²) in [5, 5.41) is 3.44. The molecule has 1 amide bonds. The van der Waals surface area contributed by atoms with E-state index >= 15 is 0 Å². The number of benzene rings is 1. The van der Waals surface area contributed by atoms with Crippen LogP contribution in [0.1, 0.15) is 17.9 Å². The first kappa shape index (κ1) is 17.2. The molecule has 2 heterocycles. The summed E-state index contributed by atoms with van der Waals surface area (Å²) in [7, 11) is 2.11. The standard InChI is InChI=1S/C21H26N4O/c1-24-9-11-25(12-10-24)21(26)15-23-20-13-19(20)17-6-4-16(5-7-17)18-3-2-8-22-14-18/h2-8,14,19-20,23H,9-13,15H2,1H3/t19-,20+/m0/s1. The predicted molar refractivity (Wildman–Crippen MR) is 103 cm³/mol. The van der Waals surface area contributed by atoms with Crippen LogP contribution in [-0.4, -0.2) is 66.5 Å². The fourth-order valence-electron chi connectivity index (χ4n) is 3.63. The van der Waals surface area contributed by atoms with Crippen molar-refractivity contribution in [3.8, 4) is 11.1 Å². The van der Waals surface area contributed by atoms with Gasteiger partial charge in [0.2, 0.25) is 5.91 Å². The van der Waals surface area contributed by atoms with Gasteiger partial charge >= 0.3 is 0 Å². The van der Waals surface area contributed by atoms with E-state index in [0.717, 1.165) is 38.2 Å². The third-order valence-electron chi connectivity index (χ3n) is 5.50. The van der Waals surface area contributed by atoms with E-state index in [2.05, 4.69) is 52.6 Å². The summed E-state index contributed by atoms with van der Waals surface area (Å²) >= 11 is 0. The number of likely N-dealkylation sites (N-methyl/N-ethyl adjacent to an activating group) is 1. The maximum atomic E-state index is 12.3. The second kappa shape index (κ2) is 7.56. The molecule has 1 aliphatic carbocycles. The van der Waals surface area contributed by atoms with Crippen LogP contribution >= 0.6 is 0 Å². The molecule has 4 rings (SSSR count). The van der Waals surface area contributed by atoms with Crippen molar-refractivity contribution in [2.24, 2.45) is 0 Å². The first-order valence-electron chi connectivity index (χ1n) is 9.41. The molecule has 1 saturated carbocycles. The number of aromatic nitrogens is 1. The number of carbonyl (C=O) groups excluding carboxylic acids is 1. The molecule has 1 saturated heterocycles. The zero-order valence-corrected chi connectivity index (χ0v) is 15.3. The van der Waals surface area contributed by atoms with Crippen LogP contribution in [0, 0.1) is 0 Å². The molecule has 26 heavy (non-hydrogen) atoms. The van der Waals surface area contributed by atoms with Crippen molar-refractivity contribution in [1.82, 2.24) is 20.1 Å². The number of carbonyl (C=O) groups is 1. The Morgan fingerprint density at radius 1 is 1.12 bits per heavy atom. The zero-order valence-electron chi connectivity index (χ0n) is 15.3. The molecule has 0 spiro atoms. The van der Waals surface area contributed by atoms with Crippen LogP contribution in [0.15, 0.2) is 48.8 Å². The van der Waals surface area contributed by atoms with E-state index in [1.54, 1.807) is 6.20 Å². The smallest absolute Gasteiger partial charge is 0.236 e. The van der Waals surface area contributed by atoms with Crippen LogP contribution in [0.2, 0.25) is 0 Å². The van der Waals surface area contributed by atoms with Crippen LogP contribution in [0.5, 0.6) is 0 Å². The van der Waals surface area contributed by atoms with Crippen LogP contribution < -0.4 is 5.32 Å². The Morgan fingerprint density at radius 3 is 2.58 bits per heavy atom. The number of pyridine rings is 1. The Kier molecular flexibility index (Phi) is 5.00. The van der Waals surface area contributed by atoms with Gasteiger partial charge in [-0.15, -0.1) is 0 Å². The van der Waals surface area contributed by atoms with E-state index in [0.29, 0.717) is 18.5 Å². The lowest BCUT2D eigenvalue weighted by atomic mass is 10.0. The molecule has 5 nitrogen and oxygen atoms in total. The van der Waals surface area contributed by atoms with Gasteiger partial charge in [-0.1, -0.05) is 30.3 Å². The molecule has 0 radical (unpaired) electrons. The van der Waals surface area contributed by atoms with Crippen molar-refractivity contribution >= 4 is 5.91 Å². The number of hydrogen-bond donors (Lipinski definition) is 1. The molecular weight excluding hydrogens is 324 g/mol. The average Bonchev–Trinajstić information content (AvgIpc) is 3.47. The van der Waals surface area contributed by atoms with Crippen molar-refractivity contribution in [1.29, 1.82) is 0 Å². The van der Waals surface area contributed by atoms with Gasteiger partial charge in [-0.2, -0.15) is 0 Å². The molecule has 5 heteroatoms. The quantitative estimate of drug-likeness (QED) is 0.896. The van der Waals surface area contributed by atoms with Gasteiger partial charge in [-0.05, 0) is 36.2 Å². The van der Waals surface area contributed by atoms with Gasteiger partial charge in [0.25, 0.3) is 0 Å². The molecule has 1 aromatic carbocycles. The fraction of sp³-hybridized carbons (Fsp3) is 0.429. The lowest BCUT2D eigenvalue weighted by Crippen LogP contribution is -2.49. The highest BCUT2D eigenvalue weighted by molar-refractivity contribution is 5.78. The molecule has 1 aromatic heterocycles. The normalized spacial score (nSPS) is 23.0.